The predicted octanol–water partition coefficient (Wildman–Crippen LogP) is 6.55. The molecule has 17 nitrogen and oxygen atoms in total. The van der Waals surface area contributed by atoms with Crippen molar-refractivity contribution in [2.45, 2.75) is 105 Å². The summed E-state index contributed by atoms with van der Waals surface area (Å²) in [4.78, 5) is 47.1. The van der Waals surface area contributed by atoms with E-state index in [9.17, 15) is 4.79 Å². The van der Waals surface area contributed by atoms with Crippen LogP contribution in [0.4, 0.5) is 23.0 Å². The topological polar surface area (TPSA) is 197 Å². The molecule has 0 radical (unpaired) electrons. The molecule has 5 N–H and O–H groups in total. The first-order valence-electron chi connectivity index (χ1n) is 22.4. The average Bonchev–Trinajstić information content (AvgIpc) is 4.07. The molecule has 19 heteroatoms. The fourth-order valence-corrected chi connectivity index (χ4v) is 10.8. The number of nitrogen functional groups attached to an aromatic ring is 2. The largest absolute Gasteiger partial charge is 0.493 e. The molecule has 7 heterocycles. The third kappa shape index (κ3) is 10.5. The van der Waals surface area contributed by atoms with Crippen molar-refractivity contribution < 1.29 is 14.3 Å². The Morgan fingerprint density at radius 3 is 1.72 bits per heavy atom. The van der Waals surface area contributed by atoms with E-state index in [0.717, 1.165) is 139 Å². The second-order valence-electron chi connectivity index (χ2n) is 18.3. The van der Waals surface area contributed by atoms with Crippen molar-refractivity contribution in [3.8, 4) is 11.5 Å². The Balaban J connectivity index is 0.000000178. The van der Waals surface area contributed by atoms with Crippen molar-refractivity contribution in [1.29, 1.82) is 0 Å². The van der Waals surface area contributed by atoms with Gasteiger partial charge in [-0.2, -0.15) is 0 Å². The van der Waals surface area contributed by atoms with Crippen LogP contribution in [-0.2, 0) is 30.7 Å². The molecular weight excluding hydrogens is 861 g/mol. The van der Waals surface area contributed by atoms with Gasteiger partial charge in [0.05, 0.1) is 24.6 Å². The number of amides is 1. The van der Waals surface area contributed by atoms with Crippen molar-refractivity contribution in [3.05, 3.63) is 48.0 Å². The van der Waals surface area contributed by atoms with Gasteiger partial charge in [0.15, 0.2) is 44.3 Å². The van der Waals surface area contributed by atoms with Gasteiger partial charge in [0.2, 0.25) is 5.91 Å². The molecule has 6 aromatic rings. The summed E-state index contributed by atoms with van der Waals surface area (Å²) in [6.07, 6.45) is 8.90. The minimum absolute atomic E-state index is 0.0916. The summed E-state index contributed by atoms with van der Waals surface area (Å²) >= 11 is 3.28. The number of carbonyl (C=O) groups excluding carboxylic acids is 1. The first-order chi connectivity index (χ1) is 31.1. The molecular formula is C46H62N14O3S2. The van der Waals surface area contributed by atoms with Gasteiger partial charge in [-0.25, -0.2) is 29.9 Å². The van der Waals surface area contributed by atoms with Gasteiger partial charge in [0.1, 0.15) is 24.2 Å². The highest BCUT2D eigenvalue weighted by molar-refractivity contribution is 7.99. The van der Waals surface area contributed by atoms with Crippen LogP contribution in [0.15, 0.2) is 57.0 Å². The lowest BCUT2D eigenvalue weighted by atomic mass is 9.93. The van der Waals surface area contributed by atoms with Crippen LogP contribution in [0, 0.1) is 5.92 Å². The molecule has 346 valence electrons. The number of aromatic nitrogens is 8. The predicted molar refractivity (Wildman–Crippen MR) is 260 cm³/mol. The van der Waals surface area contributed by atoms with Gasteiger partial charge in [-0.1, -0.05) is 0 Å². The normalized spacial score (nSPS) is 14.8. The van der Waals surface area contributed by atoms with Crippen molar-refractivity contribution in [3.63, 3.8) is 0 Å². The van der Waals surface area contributed by atoms with E-state index in [1.54, 1.807) is 30.4 Å². The van der Waals surface area contributed by atoms with E-state index in [0.29, 0.717) is 28.6 Å². The lowest BCUT2D eigenvalue weighted by Gasteiger charge is -2.31. The molecule has 3 aliphatic rings. The van der Waals surface area contributed by atoms with Crippen LogP contribution in [-0.4, -0.2) is 116 Å². The zero-order chi connectivity index (χ0) is 46.0. The molecule has 3 aliphatic heterocycles. The molecule has 1 amide bonds. The number of piperidine rings is 1. The summed E-state index contributed by atoms with van der Waals surface area (Å²) in [6.45, 7) is 13.8. The monoisotopic (exact) mass is 922 g/mol. The number of benzene rings is 2. The van der Waals surface area contributed by atoms with Gasteiger partial charge in [-0.05, 0) is 106 Å². The fourth-order valence-electron chi connectivity index (χ4n) is 8.42. The Kier molecular flexibility index (Phi) is 13.8. The minimum Gasteiger partial charge on any atom is -0.493 e. The number of nitrogens with one attached hydrogen (secondary N) is 1. The lowest BCUT2D eigenvalue weighted by molar-refractivity contribution is -0.130. The maximum Gasteiger partial charge on any atom is 0.219 e. The molecule has 0 aliphatic carbocycles. The van der Waals surface area contributed by atoms with Gasteiger partial charge in [-0.3, -0.25) is 4.79 Å². The highest BCUT2D eigenvalue weighted by Gasteiger charge is 2.26. The van der Waals surface area contributed by atoms with Gasteiger partial charge in [0.25, 0.3) is 0 Å². The minimum atomic E-state index is 0.0916. The number of fused-ring (bicyclic) bond motifs is 4. The number of hydrogen-bond donors (Lipinski definition) is 3. The van der Waals surface area contributed by atoms with Gasteiger partial charge >= 0.3 is 0 Å². The van der Waals surface area contributed by atoms with E-state index >= 15 is 0 Å². The summed E-state index contributed by atoms with van der Waals surface area (Å²) in [5, 5.41) is 5.29. The van der Waals surface area contributed by atoms with Crippen molar-refractivity contribution in [1.82, 2.24) is 49.3 Å². The number of nitrogens with zero attached hydrogens (tertiary/aromatic N) is 11. The second-order valence-corrected chi connectivity index (χ2v) is 20.3. The number of likely N-dealkylation sites (tertiary alicyclic amines) is 1. The summed E-state index contributed by atoms with van der Waals surface area (Å²) in [7, 11) is 8.18. The molecule has 2 aromatic carbocycles. The van der Waals surface area contributed by atoms with Gasteiger partial charge in [-0.15, -0.1) is 0 Å². The van der Waals surface area contributed by atoms with Crippen LogP contribution >= 0.6 is 23.5 Å². The molecule has 9 rings (SSSR count). The number of carbonyl (C=O) groups is 1. The van der Waals surface area contributed by atoms with Crippen molar-refractivity contribution in [2.75, 3.05) is 82.3 Å². The zero-order valence-corrected chi connectivity index (χ0v) is 40.5. The lowest BCUT2D eigenvalue weighted by Crippen LogP contribution is -2.37. The zero-order valence-electron chi connectivity index (χ0n) is 38.8. The van der Waals surface area contributed by atoms with Gasteiger partial charge in [0, 0.05) is 102 Å². The summed E-state index contributed by atoms with van der Waals surface area (Å²) < 4.78 is 15.9. The Labute approximate surface area is 389 Å². The number of nitrogens with two attached hydrogens (primary N) is 2. The highest BCUT2D eigenvalue weighted by atomic mass is 32.2. The SMILES string of the molecule is CC(=O)N1CCC(CCn2c(Sc3cc4c(cc3N(C)C)OCC4)nc3c(N)ncnc32)CC1.CN(C)c1cc2c(cc1Sc1nc3c(N)ncnc3n1CCCNC(C)(C)C)CCO2. The number of ether oxygens (including phenoxy) is 2. The number of rotatable bonds is 13. The number of anilines is 4. The van der Waals surface area contributed by atoms with Crippen LogP contribution in [0.2, 0.25) is 0 Å². The highest BCUT2D eigenvalue weighted by Crippen LogP contribution is 2.43. The first-order valence-corrected chi connectivity index (χ1v) is 24.0. The Hall–Kier alpha value is -5.53. The molecule has 0 unspecified atom stereocenters. The van der Waals surface area contributed by atoms with Crippen LogP contribution in [0.25, 0.3) is 22.3 Å². The number of aryl methyl sites for hydroxylation is 2. The maximum atomic E-state index is 11.7. The molecule has 4 aromatic heterocycles. The Morgan fingerprint density at radius 1 is 0.769 bits per heavy atom. The summed E-state index contributed by atoms with van der Waals surface area (Å²) in [5.74, 6) is 3.49. The Morgan fingerprint density at radius 2 is 1.26 bits per heavy atom. The number of hydrogen-bond acceptors (Lipinski definition) is 16. The summed E-state index contributed by atoms with van der Waals surface area (Å²) in [5.41, 5.74) is 19.9. The molecule has 65 heavy (non-hydrogen) atoms. The molecule has 0 atom stereocenters. The summed E-state index contributed by atoms with van der Waals surface area (Å²) in [6, 6.07) is 8.69. The molecule has 0 spiro atoms. The van der Waals surface area contributed by atoms with Crippen molar-refractivity contribution >= 4 is 74.8 Å². The quantitative estimate of drug-likeness (QED) is 0.105. The third-order valence-corrected chi connectivity index (χ3v) is 14.1. The van der Waals surface area contributed by atoms with Crippen LogP contribution in [0.1, 0.15) is 64.5 Å². The smallest absolute Gasteiger partial charge is 0.219 e. The second kappa shape index (κ2) is 19.5. The third-order valence-electron chi connectivity index (χ3n) is 12.0. The van der Waals surface area contributed by atoms with E-state index in [1.165, 1.54) is 23.8 Å². The van der Waals surface area contributed by atoms with E-state index < -0.39 is 0 Å². The van der Waals surface area contributed by atoms with E-state index in [1.807, 2.05) is 33.1 Å². The molecule has 1 saturated heterocycles. The molecule has 0 bridgehead atoms. The van der Waals surface area contributed by atoms with E-state index in [4.69, 9.17) is 30.9 Å². The van der Waals surface area contributed by atoms with Crippen LogP contribution in [0.3, 0.4) is 0 Å². The molecule has 1 fully saturated rings. The maximum absolute atomic E-state index is 11.7. The van der Waals surface area contributed by atoms with E-state index in [2.05, 4.69) is 89.2 Å². The Bertz CT molecular complexity index is 2670. The van der Waals surface area contributed by atoms with E-state index in [-0.39, 0.29) is 11.4 Å². The number of imidazole rings is 2. The van der Waals surface area contributed by atoms with Gasteiger partial charge < -0.3 is 50.1 Å². The van der Waals surface area contributed by atoms with Crippen LogP contribution in [0.5, 0.6) is 11.5 Å². The standard InChI is InChI=1S/C24H31N7O2S.C22H31N7OS/c1-15(32)30-8-4-16(5-9-30)6-10-31-23-21(22(25)26-14-27-23)28-24(31)34-20-12-17-7-11-33-19(17)13-18(20)29(2)3;1-22(2,3)26-8-6-9-29-20-18(19(23)24-13-25-20)27-21(29)31-17-11-14-7-10-30-16(14)12-15(17)28(4)5/h12-14,16H,4-11H2,1-3H3,(H2,25,26,27);11-13,26H,6-10H2,1-5H3,(H2,23,24,25). The van der Waals surface area contributed by atoms with Crippen molar-refractivity contribution in [2.24, 2.45) is 5.92 Å². The fraction of sp³-hybridized carbons (Fsp3) is 0.500. The average molecular weight is 923 g/mol. The molecule has 0 saturated carbocycles. The first kappa shape index (κ1) is 46.0. The van der Waals surface area contributed by atoms with Crippen LogP contribution < -0.4 is 36.1 Å².